The number of aliphatic carboxylic acids is 1. The highest BCUT2D eigenvalue weighted by molar-refractivity contribution is 9.10. The molecule has 1 heterocycles. The molecule has 25 heavy (non-hydrogen) atoms. The fraction of sp³-hybridized carbons (Fsp3) is 0.188. The van der Waals surface area contributed by atoms with Crippen molar-refractivity contribution in [2.24, 2.45) is 0 Å². The van der Waals surface area contributed by atoms with Crippen molar-refractivity contribution in [3.63, 3.8) is 0 Å². The molecule has 9 heteroatoms. The number of carbonyl (C=O) groups excluding carboxylic acids is 1. The minimum Gasteiger partial charge on any atom is -0.480 e. The molecular weight excluding hydrogens is 402 g/mol. The Balaban J connectivity index is 2.03. The summed E-state index contributed by atoms with van der Waals surface area (Å²) in [6.07, 6.45) is -0.853. The van der Waals surface area contributed by atoms with Crippen LogP contribution in [-0.2, 0) is 22.6 Å². The zero-order chi connectivity index (χ0) is 18.4. The van der Waals surface area contributed by atoms with Gasteiger partial charge < -0.3 is 15.2 Å². The fourth-order valence-corrected chi connectivity index (χ4v) is 2.32. The number of hydrogen-bond acceptors (Lipinski definition) is 4. The van der Waals surface area contributed by atoms with Gasteiger partial charge >= 0.3 is 12.1 Å². The lowest BCUT2D eigenvalue weighted by molar-refractivity contribution is -0.139. The first-order valence-corrected chi connectivity index (χ1v) is 7.86. The zero-order valence-corrected chi connectivity index (χ0v) is 14.3. The number of benzene rings is 1. The van der Waals surface area contributed by atoms with Crippen molar-refractivity contribution >= 4 is 28.0 Å². The first-order valence-electron chi connectivity index (χ1n) is 7.07. The smallest absolute Gasteiger partial charge is 0.408 e. The molecule has 2 rings (SSSR count). The average Bonchev–Trinajstić information content (AvgIpc) is 2.60. The summed E-state index contributed by atoms with van der Waals surface area (Å²) in [7, 11) is 0. The molecular formula is C16H13BrF2N2O4. The Morgan fingerprint density at radius 2 is 1.96 bits per heavy atom. The lowest BCUT2D eigenvalue weighted by atomic mass is 10.1. The summed E-state index contributed by atoms with van der Waals surface area (Å²) in [5.41, 5.74) is 0.206. The van der Waals surface area contributed by atoms with E-state index in [9.17, 15) is 23.5 Å². The van der Waals surface area contributed by atoms with Crippen LogP contribution in [0.5, 0.6) is 0 Å². The number of rotatable bonds is 6. The Bertz CT molecular complexity index is 774. The van der Waals surface area contributed by atoms with Crippen LogP contribution in [-0.4, -0.2) is 28.2 Å². The summed E-state index contributed by atoms with van der Waals surface area (Å²) in [5, 5.41) is 11.3. The first-order chi connectivity index (χ1) is 11.9. The van der Waals surface area contributed by atoms with Crippen molar-refractivity contribution in [2.45, 2.75) is 19.1 Å². The highest BCUT2D eigenvalue weighted by atomic mass is 79.9. The molecule has 0 fully saturated rings. The summed E-state index contributed by atoms with van der Waals surface area (Å²) in [4.78, 5) is 26.5. The molecule has 0 bridgehead atoms. The minimum atomic E-state index is -1.57. The number of amides is 1. The van der Waals surface area contributed by atoms with Gasteiger partial charge in [0.2, 0.25) is 0 Å². The van der Waals surface area contributed by atoms with Gasteiger partial charge in [0.1, 0.15) is 23.1 Å². The van der Waals surface area contributed by atoms with Crippen LogP contribution in [0.4, 0.5) is 13.6 Å². The molecule has 2 N–H and O–H groups in total. The summed E-state index contributed by atoms with van der Waals surface area (Å²) >= 11 is 2.80. The molecule has 1 unspecified atom stereocenters. The number of carbonyl (C=O) groups is 2. The molecule has 1 amide bonds. The van der Waals surface area contributed by atoms with E-state index in [-0.39, 0.29) is 11.2 Å². The van der Waals surface area contributed by atoms with E-state index in [1.54, 1.807) is 30.3 Å². The van der Waals surface area contributed by atoms with Gasteiger partial charge in [0.25, 0.3) is 0 Å². The third-order valence-electron chi connectivity index (χ3n) is 3.24. The van der Waals surface area contributed by atoms with Gasteiger partial charge in [-0.3, -0.25) is 0 Å². The van der Waals surface area contributed by atoms with Gasteiger partial charge in [0, 0.05) is 12.0 Å². The van der Waals surface area contributed by atoms with Crippen molar-refractivity contribution in [3.8, 4) is 0 Å². The van der Waals surface area contributed by atoms with Crippen molar-refractivity contribution in [3.05, 3.63) is 63.9 Å². The van der Waals surface area contributed by atoms with Gasteiger partial charge in [0.05, 0.1) is 6.20 Å². The van der Waals surface area contributed by atoms with E-state index >= 15 is 0 Å². The van der Waals surface area contributed by atoms with Crippen LogP contribution in [0.25, 0.3) is 0 Å². The van der Waals surface area contributed by atoms with Crippen LogP contribution in [0.2, 0.25) is 0 Å². The average molecular weight is 415 g/mol. The molecule has 1 aromatic carbocycles. The van der Waals surface area contributed by atoms with Crippen LogP contribution in [0.1, 0.15) is 11.1 Å². The number of aromatic nitrogens is 1. The quantitative estimate of drug-likeness (QED) is 0.709. The minimum absolute atomic E-state index is 0.0669. The van der Waals surface area contributed by atoms with Crippen molar-refractivity contribution in [2.75, 3.05) is 0 Å². The van der Waals surface area contributed by atoms with Gasteiger partial charge in [-0.25, -0.2) is 23.4 Å². The first kappa shape index (κ1) is 18.8. The standard InChI is InChI=1S/C16H13BrF2N2O4/c17-14-13(19)10(11(18)7-20-14)6-12(15(22)23)21-16(24)25-8-9-4-2-1-3-5-9/h1-5,7,12H,6,8H2,(H,21,24)(H,22,23). The number of alkyl carbamates (subject to hydrolysis) is 1. The summed E-state index contributed by atoms with van der Waals surface area (Å²) < 4.78 is 32.3. The van der Waals surface area contributed by atoms with Crippen LogP contribution in [0, 0.1) is 11.6 Å². The topological polar surface area (TPSA) is 88.5 Å². The number of halogens is 3. The van der Waals surface area contributed by atoms with E-state index in [0.29, 0.717) is 5.56 Å². The zero-order valence-electron chi connectivity index (χ0n) is 12.7. The van der Waals surface area contributed by atoms with E-state index in [1.807, 2.05) is 0 Å². The van der Waals surface area contributed by atoms with Gasteiger partial charge in [0.15, 0.2) is 5.82 Å². The van der Waals surface area contributed by atoms with E-state index in [1.165, 1.54) is 0 Å². The van der Waals surface area contributed by atoms with Gasteiger partial charge in [-0.15, -0.1) is 0 Å². The largest absolute Gasteiger partial charge is 0.480 e. The maximum Gasteiger partial charge on any atom is 0.408 e. The van der Waals surface area contributed by atoms with Crippen molar-refractivity contribution in [1.29, 1.82) is 0 Å². The molecule has 0 aliphatic carbocycles. The number of carboxylic acid groups (broad SMARTS) is 1. The highest BCUT2D eigenvalue weighted by Gasteiger charge is 2.25. The normalized spacial score (nSPS) is 11.6. The van der Waals surface area contributed by atoms with Crippen LogP contribution < -0.4 is 5.32 Å². The molecule has 0 spiro atoms. The molecule has 0 saturated heterocycles. The SMILES string of the molecule is O=C(NC(Cc1c(F)cnc(Br)c1F)C(=O)O)OCc1ccccc1. The molecule has 1 aromatic heterocycles. The monoisotopic (exact) mass is 414 g/mol. The van der Waals surface area contributed by atoms with Crippen LogP contribution >= 0.6 is 15.9 Å². The van der Waals surface area contributed by atoms with Gasteiger partial charge in [-0.1, -0.05) is 30.3 Å². The maximum atomic E-state index is 13.9. The molecule has 0 aliphatic heterocycles. The van der Waals surface area contributed by atoms with Crippen molar-refractivity contribution in [1.82, 2.24) is 10.3 Å². The van der Waals surface area contributed by atoms with E-state index in [4.69, 9.17) is 4.74 Å². The number of hydrogen-bond donors (Lipinski definition) is 2. The van der Waals surface area contributed by atoms with Crippen LogP contribution in [0.15, 0.2) is 41.1 Å². The van der Waals surface area contributed by atoms with Crippen LogP contribution in [0.3, 0.4) is 0 Å². The number of ether oxygens (including phenoxy) is 1. The Hall–Kier alpha value is -2.55. The maximum absolute atomic E-state index is 13.9. The predicted octanol–water partition coefficient (Wildman–Crippen LogP) is 3.04. The van der Waals surface area contributed by atoms with Gasteiger partial charge in [-0.05, 0) is 21.5 Å². The highest BCUT2D eigenvalue weighted by Crippen LogP contribution is 2.20. The third kappa shape index (κ3) is 5.21. The summed E-state index contributed by atoms with van der Waals surface area (Å²) in [6.45, 7) is -0.0669. The molecule has 2 aromatic rings. The molecule has 0 saturated carbocycles. The third-order valence-corrected chi connectivity index (χ3v) is 3.79. The molecule has 6 nitrogen and oxygen atoms in total. The van der Waals surface area contributed by atoms with Gasteiger partial charge in [-0.2, -0.15) is 0 Å². The molecule has 132 valence electrons. The predicted molar refractivity (Wildman–Crippen MR) is 86.7 cm³/mol. The van der Waals surface area contributed by atoms with E-state index in [2.05, 4.69) is 26.2 Å². The number of pyridine rings is 1. The second kappa shape index (κ2) is 8.52. The number of carboxylic acids is 1. The Morgan fingerprint density at radius 1 is 1.28 bits per heavy atom. The molecule has 0 radical (unpaired) electrons. The summed E-state index contributed by atoms with van der Waals surface area (Å²) in [5.74, 6) is -3.49. The van der Waals surface area contributed by atoms with Crippen molar-refractivity contribution < 1.29 is 28.2 Å². The van der Waals surface area contributed by atoms with E-state index < -0.39 is 41.7 Å². The number of nitrogens with zero attached hydrogens (tertiary/aromatic N) is 1. The lowest BCUT2D eigenvalue weighted by Gasteiger charge is -2.15. The number of nitrogens with one attached hydrogen (secondary N) is 1. The second-order valence-electron chi connectivity index (χ2n) is 4.99. The Morgan fingerprint density at radius 3 is 2.60 bits per heavy atom. The molecule has 0 aliphatic rings. The Labute approximate surface area is 150 Å². The second-order valence-corrected chi connectivity index (χ2v) is 5.74. The molecule has 1 atom stereocenters. The summed E-state index contributed by atoms with van der Waals surface area (Å²) in [6, 6.07) is 7.18. The fourth-order valence-electron chi connectivity index (χ4n) is 1.98. The Kier molecular flexibility index (Phi) is 6.40. The van der Waals surface area contributed by atoms with E-state index in [0.717, 1.165) is 6.20 Å². The lowest BCUT2D eigenvalue weighted by Crippen LogP contribution is -2.42.